The Kier molecular flexibility index (Phi) is 2.80. The third-order valence-electron chi connectivity index (χ3n) is 2.88. The molecule has 1 atom stereocenters. The lowest BCUT2D eigenvalue weighted by atomic mass is 9.81. The average molecular weight is 210 g/mol. The van der Waals surface area contributed by atoms with E-state index in [1.165, 1.54) is 0 Å². The summed E-state index contributed by atoms with van der Waals surface area (Å²) in [5, 5.41) is 0. The number of alkyl halides is 2. The summed E-state index contributed by atoms with van der Waals surface area (Å²) in [5.74, 6) is -0.600. The van der Waals surface area contributed by atoms with E-state index in [1.54, 1.807) is 12.1 Å². The Morgan fingerprint density at radius 3 is 2.80 bits per heavy atom. The molecule has 80 valence electrons. The van der Waals surface area contributed by atoms with Crippen molar-refractivity contribution in [2.75, 3.05) is 0 Å². The molecule has 1 unspecified atom stereocenters. The first-order chi connectivity index (χ1) is 7.18. The zero-order valence-electron chi connectivity index (χ0n) is 8.25. The molecule has 0 bridgehead atoms. The number of hydrogen-bond acceptors (Lipinski definition) is 1. The minimum Gasteiger partial charge on any atom is -0.294 e. The fraction of sp³-hybridized carbons (Fsp3) is 0.417. The van der Waals surface area contributed by atoms with Crippen molar-refractivity contribution < 1.29 is 13.6 Å². The van der Waals surface area contributed by atoms with Gasteiger partial charge in [0.25, 0.3) is 0 Å². The predicted molar refractivity (Wildman–Crippen MR) is 53.2 cm³/mol. The number of fused-ring (bicyclic) bond motifs is 1. The van der Waals surface area contributed by atoms with Crippen molar-refractivity contribution in [1.29, 1.82) is 0 Å². The second-order valence-corrected chi connectivity index (χ2v) is 3.88. The van der Waals surface area contributed by atoms with E-state index in [2.05, 4.69) is 0 Å². The Morgan fingerprint density at radius 2 is 2.07 bits per heavy atom. The average Bonchev–Trinajstić information content (AvgIpc) is 2.22. The molecule has 1 nitrogen and oxygen atoms in total. The molecule has 0 fully saturated rings. The number of benzene rings is 1. The van der Waals surface area contributed by atoms with Crippen LogP contribution in [0.25, 0.3) is 0 Å². The van der Waals surface area contributed by atoms with E-state index in [0.717, 1.165) is 12.0 Å². The molecule has 1 aliphatic rings. The molecule has 0 N–H and O–H groups in total. The molecule has 15 heavy (non-hydrogen) atoms. The van der Waals surface area contributed by atoms with Gasteiger partial charge in [-0.3, -0.25) is 4.79 Å². The van der Waals surface area contributed by atoms with Crippen molar-refractivity contribution in [1.82, 2.24) is 0 Å². The molecule has 0 radical (unpaired) electrons. The first-order valence-corrected chi connectivity index (χ1v) is 5.08. The molecule has 0 amide bonds. The maximum absolute atomic E-state index is 12.2. The molecular weight excluding hydrogens is 198 g/mol. The van der Waals surface area contributed by atoms with Gasteiger partial charge in [0.2, 0.25) is 6.43 Å². The number of aryl methyl sites for hydroxylation is 1. The van der Waals surface area contributed by atoms with Crippen LogP contribution in [-0.2, 0) is 6.42 Å². The Hall–Kier alpha value is -1.25. The largest absolute Gasteiger partial charge is 0.294 e. The summed E-state index contributed by atoms with van der Waals surface area (Å²) in [7, 11) is 0. The monoisotopic (exact) mass is 210 g/mol. The Bertz CT molecular complexity index is 374. The van der Waals surface area contributed by atoms with Gasteiger partial charge >= 0.3 is 0 Å². The van der Waals surface area contributed by atoms with Crippen molar-refractivity contribution in [2.45, 2.75) is 25.7 Å². The lowest BCUT2D eigenvalue weighted by molar-refractivity contribution is 0.0750. The van der Waals surface area contributed by atoms with Gasteiger partial charge in [-0.05, 0) is 18.4 Å². The van der Waals surface area contributed by atoms with E-state index < -0.39 is 12.3 Å². The maximum atomic E-state index is 12.2. The third kappa shape index (κ3) is 2.06. The summed E-state index contributed by atoms with van der Waals surface area (Å²) >= 11 is 0. The van der Waals surface area contributed by atoms with Crippen molar-refractivity contribution in [2.24, 2.45) is 5.92 Å². The quantitative estimate of drug-likeness (QED) is 0.733. The number of carbonyl (C=O) groups excluding carboxylic acids is 1. The van der Waals surface area contributed by atoms with Crippen LogP contribution in [0.1, 0.15) is 28.8 Å². The zero-order chi connectivity index (χ0) is 10.8. The molecular formula is C12H12F2O. The normalized spacial score (nSPS) is 20.5. The van der Waals surface area contributed by atoms with Crippen LogP contribution in [-0.4, -0.2) is 12.2 Å². The topological polar surface area (TPSA) is 17.1 Å². The molecule has 1 aromatic carbocycles. The minimum absolute atomic E-state index is 0.114. The van der Waals surface area contributed by atoms with Crippen LogP contribution in [0.15, 0.2) is 24.3 Å². The number of ketones is 1. The number of hydrogen-bond donors (Lipinski definition) is 0. The van der Waals surface area contributed by atoms with Crippen LogP contribution in [0.3, 0.4) is 0 Å². The van der Waals surface area contributed by atoms with Crippen LogP contribution in [0.2, 0.25) is 0 Å². The van der Waals surface area contributed by atoms with E-state index in [1.807, 2.05) is 12.1 Å². The van der Waals surface area contributed by atoms with E-state index in [9.17, 15) is 13.6 Å². The van der Waals surface area contributed by atoms with Gasteiger partial charge < -0.3 is 0 Å². The van der Waals surface area contributed by atoms with Gasteiger partial charge in [-0.25, -0.2) is 8.78 Å². The molecule has 0 aromatic heterocycles. The van der Waals surface area contributed by atoms with Gasteiger partial charge in [-0.1, -0.05) is 24.3 Å². The highest BCUT2D eigenvalue weighted by Gasteiger charge is 2.28. The van der Waals surface area contributed by atoms with Crippen LogP contribution in [0.4, 0.5) is 8.78 Å². The fourth-order valence-electron chi connectivity index (χ4n) is 2.10. The SMILES string of the molecule is O=C1c2ccccc2CCC1CC(F)F. The van der Waals surface area contributed by atoms with Crippen LogP contribution < -0.4 is 0 Å². The highest BCUT2D eigenvalue weighted by atomic mass is 19.3. The minimum atomic E-state index is -2.38. The fourth-order valence-corrected chi connectivity index (χ4v) is 2.10. The number of halogens is 2. The molecule has 0 spiro atoms. The Morgan fingerprint density at radius 1 is 1.33 bits per heavy atom. The van der Waals surface area contributed by atoms with Gasteiger partial charge in [-0.2, -0.15) is 0 Å². The summed E-state index contributed by atoms with van der Waals surface area (Å²) in [6, 6.07) is 7.28. The van der Waals surface area contributed by atoms with E-state index >= 15 is 0 Å². The number of rotatable bonds is 2. The number of Topliss-reactive ketones (excluding diaryl/α,β-unsaturated/α-hetero) is 1. The van der Waals surface area contributed by atoms with Gasteiger partial charge in [0, 0.05) is 17.9 Å². The summed E-state index contributed by atoms with van der Waals surface area (Å²) in [6.07, 6.45) is -1.39. The molecule has 0 saturated heterocycles. The summed E-state index contributed by atoms with van der Waals surface area (Å²) in [4.78, 5) is 11.8. The predicted octanol–water partition coefficient (Wildman–Crippen LogP) is 3.09. The smallest absolute Gasteiger partial charge is 0.239 e. The van der Waals surface area contributed by atoms with Gasteiger partial charge in [0.05, 0.1) is 0 Å². The van der Waals surface area contributed by atoms with Crippen molar-refractivity contribution in [3.8, 4) is 0 Å². The van der Waals surface area contributed by atoms with Crippen molar-refractivity contribution in [3.05, 3.63) is 35.4 Å². The zero-order valence-corrected chi connectivity index (χ0v) is 8.25. The van der Waals surface area contributed by atoms with Crippen LogP contribution in [0, 0.1) is 5.92 Å². The lowest BCUT2D eigenvalue weighted by Gasteiger charge is -2.22. The Labute approximate surface area is 87.1 Å². The van der Waals surface area contributed by atoms with Gasteiger partial charge in [0.1, 0.15) is 0 Å². The summed E-state index contributed by atoms with van der Waals surface area (Å²) < 4.78 is 24.4. The summed E-state index contributed by atoms with van der Waals surface area (Å²) in [6.45, 7) is 0. The molecule has 1 aromatic rings. The molecule has 0 aliphatic heterocycles. The molecule has 1 aliphatic carbocycles. The number of carbonyl (C=O) groups is 1. The van der Waals surface area contributed by atoms with Crippen molar-refractivity contribution in [3.63, 3.8) is 0 Å². The van der Waals surface area contributed by atoms with Crippen molar-refractivity contribution >= 4 is 5.78 Å². The molecule has 2 rings (SSSR count). The van der Waals surface area contributed by atoms with E-state index in [-0.39, 0.29) is 12.2 Å². The van der Waals surface area contributed by atoms with Crippen LogP contribution in [0.5, 0.6) is 0 Å². The van der Waals surface area contributed by atoms with Gasteiger partial charge in [-0.15, -0.1) is 0 Å². The van der Waals surface area contributed by atoms with E-state index in [4.69, 9.17) is 0 Å². The summed E-state index contributed by atoms with van der Waals surface area (Å²) in [5.41, 5.74) is 1.63. The first-order valence-electron chi connectivity index (χ1n) is 5.08. The molecule has 0 saturated carbocycles. The highest BCUT2D eigenvalue weighted by molar-refractivity contribution is 6.00. The molecule has 3 heteroatoms. The first kappa shape index (κ1) is 10.3. The Balaban J connectivity index is 2.22. The van der Waals surface area contributed by atoms with E-state index in [0.29, 0.717) is 12.0 Å². The second kappa shape index (κ2) is 4.09. The molecule has 0 heterocycles. The highest BCUT2D eigenvalue weighted by Crippen LogP contribution is 2.28. The van der Waals surface area contributed by atoms with Gasteiger partial charge in [0.15, 0.2) is 5.78 Å². The second-order valence-electron chi connectivity index (χ2n) is 3.88. The third-order valence-corrected chi connectivity index (χ3v) is 2.88. The lowest BCUT2D eigenvalue weighted by Crippen LogP contribution is -2.24. The standard InChI is InChI=1S/C12H12F2O/c13-11(14)7-9-6-5-8-3-1-2-4-10(8)12(9)15/h1-4,9,11H,5-7H2. The van der Waals surface area contributed by atoms with Crippen LogP contribution >= 0.6 is 0 Å². The maximum Gasteiger partial charge on any atom is 0.239 e.